The summed E-state index contributed by atoms with van der Waals surface area (Å²) >= 11 is 0. The third kappa shape index (κ3) is 3.74. The SMILES string of the molecule is COC(=O)[C@@H]1[C@@H](OC(C)=O)C=CC[C@@H]1c1ccc([N+](=O)[O-])cc1. The Morgan fingerprint density at radius 2 is 1.91 bits per heavy atom. The van der Waals surface area contributed by atoms with Gasteiger partial charge in [-0.1, -0.05) is 18.2 Å². The number of hydrogen-bond donors (Lipinski definition) is 0. The van der Waals surface area contributed by atoms with E-state index in [1.54, 1.807) is 18.2 Å². The van der Waals surface area contributed by atoms with Crippen LogP contribution in [-0.2, 0) is 19.1 Å². The van der Waals surface area contributed by atoms with Crippen molar-refractivity contribution in [3.63, 3.8) is 0 Å². The number of ether oxygens (including phenoxy) is 2. The molecule has 0 spiro atoms. The fraction of sp³-hybridized carbons (Fsp3) is 0.375. The van der Waals surface area contributed by atoms with Crippen molar-refractivity contribution in [1.82, 2.24) is 0 Å². The van der Waals surface area contributed by atoms with Gasteiger partial charge in [0.25, 0.3) is 5.69 Å². The van der Waals surface area contributed by atoms with Gasteiger partial charge in [-0.05, 0) is 18.1 Å². The molecule has 23 heavy (non-hydrogen) atoms. The maximum absolute atomic E-state index is 12.2. The quantitative estimate of drug-likeness (QED) is 0.366. The van der Waals surface area contributed by atoms with Crippen LogP contribution in [0.5, 0.6) is 0 Å². The molecule has 0 N–H and O–H groups in total. The summed E-state index contributed by atoms with van der Waals surface area (Å²) in [6.07, 6.45) is 3.34. The van der Waals surface area contributed by atoms with Gasteiger partial charge in [-0.15, -0.1) is 0 Å². The zero-order valence-corrected chi connectivity index (χ0v) is 12.8. The molecule has 1 aromatic rings. The Labute approximate surface area is 133 Å². The number of carbonyl (C=O) groups is 2. The van der Waals surface area contributed by atoms with E-state index in [2.05, 4.69) is 0 Å². The van der Waals surface area contributed by atoms with E-state index in [9.17, 15) is 19.7 Å². The molecule has 2 rings (SSSR count). The highest BCUT2D eigenvalue weighted by atomic mass is 16.6. The van der Waals surface area contributed by atoms with Crippen LogP contribution in [-0.4, -0.2) is 30.1 Å². The smallest absolute Gasteiger partial charge is 0.313 e. The first kappa shape index (κ1) is 16.7. The van der Waals surface area contributed by atoms with Crippen molar-refractivity contribution in [2.75, 3.05) is 7.11 Å². The van der Waals surface area contributed by atoms with Gasteiger partial charge in [0, 0.05) is 25.0 Å². The molecule has 0 saturated carbocycles. The lowest BCUT2D eigenvalue weighted by atomic mass is 9.77. The molecule has 0 aromatic heterocycles. The third-order valence-electron chi connectivity index (χ3n) is 3.81. The van der Waals surface area contributed by atoms with E-state index in [0.717, 1.165) is 5.56 Å². The highest BCUT2D eigenvalue weighted by Crippen LogP contribution is 2.37. The lowest BCUT2D eigenvalue weighted by Crippen LogP contribution is -2.38. The first-order valence-corrected chi connectivity index (χ1v) is 7.10. The Balaban J connectivity index is 2.34. The normalized spacial score (nSPS) is 23.1. The zero-order valence-electron chi connectivity index (χ0n) is 12.8. The molecular formula is C16H17NO6. The van der Waals surface area contributed by atoms with Crippen molar-refractivity contribution in [3.05, 3.63) is 52.1 Å². The zero-order chi connectivity index (χ0) is 17.0. The molecule has 1 aliphatic carbocycles. The highest BCUT2D eigenvalue weighted by molar-refractivity contribution is 5.76. The van der Waals surface area contributed by atoms with E-state index < -0.39 is 28.9 Å². The Bertz CT molecular complexity index is 636. The van der Waals surface area contributed by atoms with Crippen LogP contribution in [0.3, 0.4) is 0 Å². The molecule has 0 amide bonds. The summed E-state index contributed by atoms with van der Waals surface area (Å²) < 4.78 is 10.0. The van der Waals surface area contributed by atoms with Crippen molar-refractivity contribution in [3.8, 4) is 0 Å². The van der Waals surface area contributed by atoms with E-state index in [1.165, 1.54) is 26.2 Å². The predicted molar refractivity (Wildman–Crippen MR) is 80.7 cm³/mol. The predicted octanol–water partition coefficient (Wildman–Crippen LogP) is 2.36. The van der Waals surface area contributed by atoms with Crippen LogP contribution in [0.2, 0.25) is 0 Å². The molecule has 3 atom stereocenters. The number of non-ortho nitro benzene ring substituents is 1. The highest BCUT2D eigenvalue weighted by Gasteiger charge is 2.39. The summed E-state index contributed by atoms with van der Waals surface area (Å²) in [6.45, 7) is 1.28. The summed E-state index contributed by atoms with van der Waals surface area (Å²) in [5.74, 6) is -1.94. The van der Waals surface area contributed by atoms with E-state index in [1.807, 2.05) is 6.08 Å². The molecule has 122 valence electrons. The summed E-state index contributed by atoms with van der Waals surface area (Å²) in [7, 11) is 1.28. The molecule has 0 bridgehead atoms. The van der Waals surface area contributed by atoms with Gasteiger partial charge in [-0.3, -0.25) is 19.7 Å². The van der Waals surface area contributed by atoms with Crippen LogP contribution in [0, 0.1) is 16.0 Å². The molecule has 7 heteroatoms. The Hall–Kier alpha value is -2.70. The minimum atomic E-state index is -0.714. The number of methoxy groups -OCH3 is 1. The molecule has 0 heterocycles. The van der Waals surface area contributed by atoms with Gasteiger partial charge in [-0.25, -0.2) is 0 Å². The van der Waals surface area contributed by atoms with Crippen molar-refractivity contribution in [1.29, 1.82) is 0 Å². The van der Waals surface area contributed by atoms with Crippen LogP contribution < -0.4 is 0 Å². The summed E-state index contributed by atoms with van der Waals surface area (Å²) in [5, 5.41) is 10.7. The molecule has 0 fully saturated rings. The number of carbonyl (C=O) groups excluding carboxylic acids is 2. The van der Waals surface area contributed by atoms with Gasteiger partial charge >= 0.3 is 11.9 Å². The number of nitrogens with zero attached hydrogens (tertiary/aromatic N) is 1. The summed E-state index contributed by atoms with van der Waals surface area (Å²) in [6, 6.07) is 6.01. The molecule has 1 aromatic carbocycles. The van der Waals surface area contributed by atoms with E-state index >= 15 is 0 Å². The fourth-order valence-corrected chi connectivity index (χ4v) is 2.78. The number of esters is 2. The second-order valence-electron chi connectivity index (χ2n) is 5.24. The Morgan fingerprint density at radius 1 is 1.26 bits per heavy atom. The molecule has 0 aliphatic heterocycles. The number of allylic oxidation sites excluding steroid dienone is 1. The first-order valence-electron chi connectivity index (χ1n) is 7.10. The van der Waals surface area contributed by atoms with Crippen LogP contribution >= 0.6 is 0 Å². The van der Waals surface area contributed by atoms with Crippen molar-refractivity contribution < 1.29 is 24.0 Å². The number of nitro groups is 1. The van der Waals surface area contributed by atoms with Gasteiger partial charge in [0.15, 0.2) is 0 Å². The second kappa shape index (κ2) is 7.04. The maximum atomic E-state index is 12.2. The van der Waals surface area contributed by atoms with Crippen molar-refractivity contribution >= 4 is 17.6 Å². The van der Waals surface area contributed by atoms with Crippen LogP contribution in [0.25, 0.3) is 0 Å². The molecule has 0 radical (unpaired) electrons. The molecule has 0 unspecified atom stereocenters. The van der Waals surface area contributed by atoms with Crippen molar-refractivity contribution in [2.45, 2.75) is 25.4 Å². The summed E-state index contributed by atoms with van der Waals surface area (Å²) in [5.41, 5.74) is 0.735. The van der Waals surface area contributed by atoms with Gasteiger partial charge in [0.05, 0.1) is 12.0 Å². The number of rotatable bonds is 4. The minimum Gasteiger partial charge on any atom is -0.469 e. The number of hydrogen-bond acceptors (Lipinski definition) is 6. The standard InChI is InChI=1S/C16H17NO6/c1-10(18)23-14-5-3-4-13(15(14)16(19)22-2)11-6-8-12(9-7-11)17(20)21/h3,5-9,13-15H,4H2,1-2H3/t13-,14+,15+/m1/s1. The van der Waals surface area contributed by atoms with Gasteiger partial charge < -0.3 is 9.47 Å². The Kier molecular flexibility index (Phi) is 5.10. The average Bonchev–Trinajstić information content (AvgIpc) is 2.53. The monoisotopic (exact) mass is 319 g/mol. The maximum Gasteiger partial charge on any atom is 0.313 e. The van der Waals surface area contributed by atoms with E-state index in [0.29, 0.717) is 6.42 Å². The molecule has 1 aliphatic rings. The van der Waals surface area contributed by atoms with E-state index in [-0.39, 0.29) is 11.6 Å². The van der Waals surface area contributed by atoms with Crippen LogP contribution in [0.15, 0.2) is 36.4 Å². The van der Waals surface area contributed by atoms with Gasteiger partial charge in [0.1, 0.15) is 12.0 Å². The summed E-state index contributed by atoms with van der Waals surface area (Å²) in [4.78, 5) is 33.7. The van der Waals surface area contributed by atoms with Crippen LogP contribution in [0.4, 0.5) is 5.69 Å². The average molecular weight is 319 g/mol. The molecular weight excluding hydrogens is 302 g/mol. The number of nitro benzene ring substituents is 1. The first-order chi connectivity index (χ1) is 10.9. The van der Waals surface area contributed by atoms with Gasteiger partial charge in [-0.2, -0.15) is 0 Å². The minimum absolute atomic E-state index is 0.0220. The lowest BCUT2D eigenvalue weighted by Gasteiger charge is -2.32. The van der Waals surface area contributed by atoms with Crippen molar-refractivity contribution in [2.24, 2.45) is 5.92 Å². The number of benzene rings is 1. The second-order valence-corrected chi connectivity index (χ2v) is 5.24. The van der Waals surface area contributed by atoms with E-state index in [4.69, 9.17) is 9.47 Å². The largest absolute Gasteiger partial charge is 0.469 e. The van der Waals surface area contributed by atoms with Crippen LogP contribution in [0.1, 0.15) is 24.8 Å². The topological polar surface area (TPSA) is 95.7 Å². The fourth-order valence-electron chi connectivity index (χ4n) is 2.78. The van der Waals surface area contributed by atoms with Gasteiger partial charge in [0.2, 0.25) is 0 Å². The lowest BCUT2D eigenvalue weighted by molar-refractivity contribution is -0.384. The molecule has 7 nitrogen and oxygen atoms in total. The third-order valence-corrected chi connectivity index (χ3v) is 3.81. The Morgan fingerprint density at radius 3 is 2.43 bits per heavy atom. The molecule has 0 saturated heterocycles.